The van der Waals surface area contributed by atoms with Crippen LogP contribution in [-0.4, -0.2) is 29.5 Å². The molecular weight excluding hydrogens is 390 g/mol. The first kappa shape index (κ1) is 20.8. The monoisotopic (exact) mass is 410 g/mol. The van der Waals surface area contributed by atoms with Crippen LogP contribution in [0, 0.1) is 11.6 Å². The van der Waals surface area contributed by atoms with E-state index in [9.17, 15) is 13.6 Å². The maximum Gasteiger partial charge on any atom is 0.243 e. The lowest BCUT2D eigenvalue weighted by Crippen LogP contribution is -2.20. The Kier molecular flexibility index (Phi) is 6.26. The number of benzene rings is 1. The minimum Gasteiger partial charge on any atom is -0.493 e. The van der Waals surface area contributed by atoms with Gasteiger partial charge in [-0.25, -0.2) is 13.8 Å². The number of ether oxygens (including phenoxy) is 1. The van der Waals surface area contributed by atoms with Gasteiger partial charge in [0.15, 0.2) is 11.6 Å². The van der Waals surface area contributed by atoms with E-state index < -0.39 is 11.6 Å². The number of aromatic nitrogens is 2. The zero-order valence-electron chi connectivity index (χ0n) is 16.2. The fraction of sp³-hybridized carbons (Fsp3) is 0.0909. The number of carbonyl (C=O) groups excluding carboxylic acids is 1. The smallest absolute Gasteiger partial charge is 0.243 e. The molecule has 0 unspecified atom stereocenters. The fourth-order valence-corrected chi connectivity index (χ4v) is 2.92. The molecule has 2 heterocycles. The number of hydrogen-bond acceptors (Lipinski definition) is 4. The second-order valence-corrected chi connectivity index (χ2v) is 6.29. The lowest BCUT2D eigenvalue weighted by molar-refractivity contribution is -0.116. The summed E-state index contributed by atoms with van der Waals surface area (Å²) >= 11 is 0. The highest BCUT2D eigenvalue weighted by molar-refractivity contribution is 5.96. The predicted octanol–water partition coefficient (Wildman–Crippen LogP) is 3.67. The molecular formula is C22H20F2N4O2. The van der Waals surface area contributed by atoms with Crippen LogP contribution < -0.4 is 15.8 Å². The van der Waals surface area contributed by atoms with Crippen LogP contribution in [-0.2, 0) is 4.79 Å². The summed E-state index contributed by atoms with van der Waals surface area (Å²) in [5, 5.41) is 3.24. The van der Waals surface area contributed by atoms with Crippen LogP contribution in [0.3, 0.4) is 0 Å². The van der Waals surface area contributed by atoms with Crippen LogP contribution >= 0.6 is 0 Å². The molecule has 0 saturated heterocycles. The molecule has 0 radical (unpaired) electrons. The summed E-state index contributed by atoms with van der Waals surface area (Å²) in [6, 6.07) is 3.75. The van der Waals surface area contributed by atoms with E-state index in [1.54, 1.807) is 36.7 Å². The van der Waals surface area contributed by atoms with Gasteiger partial charge in [-0.2, -0.15) is 0 Å². The maximum absolute atomic E-state index is 14.1. The Balaban J connectivity index is 1.94. The Morgan fingerprint density at radius 1 is 1.33 bits per heavy atom. The van der Waals surface area contributed by atoms with Gasteiger partial charge >= 0.3 is 0 Å². The van der Waals surface area contributed by atoms with E-state index in [1.165, 1.54) is 19.3 Å². The number of methoxy groups -OCH3 is 1. The third kappa shape index (κ3) is 4.38. The number of hydrogen-bond donors (Lipinski definition) is 3. The molecule has 1 amide bonds. The van der Waals surface area contributed by atoms with Crippen molar-refractivity contribution in [1.82, 2.24) is 15.3 Å². The van der Waals surface area contributed by atoms with Gasteiger partial charge in [-0.1, -0.05) is 18.7 Å². The molecule has 0 aliphatic rings. The molecule has 0 aliphatic carbocycles. The Labute approximate surface area is 171 Å². The van der Waals surface area contributed by atoms with Crippen molar-refractivity contribution >= 4 is 22.6 Å². The zero-order valence-corrected chi connectivity index (χ0v) is 16.2. The molecule has 0 spiro atoms. The number of nitrogens with zero attached hydrogens (tertiary/aromatic N) is 1. The number of nitrogens with two attached hydrogens (primary N) is 1. The van der Waals surface area contributed by atoms with Crippen LogP contribution in [0.1, 0.15) is 5.56 Å². The highest BCUT2D eigenvalue weighted by Gasteiger charge is 2.17. The average Bonchev–Trinajstić information content (AvgIpc) is 3.15. The molecule has 6 nitrogen and oxygen atoms in total. The first-order chi connectivity index (χ1) is 14.4. The van der Waals surface area contributed by atoms with Gasteiger partial charge in [0.05, 0.1) is 7.11 Å². The molecule has 154 valence electrons. The van der Waals surface area contributed by atoms with E-state index in [-0.39, 0.29) is 17.2 Å². The van der Waals surface area contributed by atoms with Crippen molar-refractivity contribution in [2.75, 3.05) is 13.7 Å². The summed E-state index contributed by atoms with van der Waals surface area (Å²) in [5.74, 6) is -1.83. The van der Waals surface area contributed by atoms with Crippen molar-refractivity contribution in [2.24, 2.45) is 5.73 Å². The predicted molar refractivity (Wildman–Crippen MR) is 113 cm³/mol. The molecule has 0 bridgehead atoms. The number of pyridine rings is 1. The summed E-state index contributed by atoms with van der Waals surface area (Å²) in [7, 11) is 1.32. The van der Waals surface area contributed by atoms with E-state index in [4.69, 9.17) is 10.5 Å². The number of amides is 1. The largest absolute Gasteiger partial charge is 0.493 e. The van der Waals surface area contributed by atoms with Crippen molar-refractivity contribution in [3.05, 3.63) is 78.7 Å². The molecule has 0 aliphatic heterocycles. The van der Waals surface area contributed by atoms with Gasteiger partial charge < -0.3 is 20.8 Å². The molecule has 3 aromatic rings. The van der Waals surface area contributed by atoms with Crippen molar-refractivity contribution < 1.29 is 18.3 Å². The molecule has 2 aromatic heterocycles. The number of nitrogens with one attached hydrogen (secondary N) is 2. The van der Waals surface area contributed by atoms with E-state index in [0.717, 1.165) is 6.07 Å². The van der Waals surface area contributed by atoms with Crippen LogP contribution in [0.5, 0.6) is 5.75 Å². The maximum atomic E-state index is 14.1. The van der Waals surface area contributed by atoms with Gasteiger partial charge in [0.1, 0.15) is 11.5 Å². The lowest BCUT2D eigenvalue weighted by Gasteiger charge is -2.09. The topological polar surface area (TPSA) is 93.0 Å². The molecule has 0 saturated carbocycles. The molecule has 4 N–H and O–H groups in total. The Morgan fingerprint density at radius 3 is 2.87 bits per heavy atom. The molecule has 0 atom stereocenters. The molecule has 1 aromatic carbocycles. The number of aromatic amines is 1. The van der Waals surface area contributed by atoms with Crippen molar-refractivity contribution in [1.29, 1.82) is 0 Å². The van der Waals surface area contributed by atoms with Gasteiger partial charge in [-0.3, -0.25) is 4.79 Å². The first-order valence-electron chi connectivity index (χ1n) is 8.98. The zero-order chi connectivity index (χ0) is 21.7. The number of allylic oxidation sites excluding steroid dienone is 2. The van der Waals surface area contributed by atoms with Crippen molar-refractivity contribution in [2.45, 2.75) is 0 Å². The van der Waals surface area contributed by atoms with Crippen LogP contribution in [0.2, 0.25) is 0 Å². The summed E-state index contributed by atoms with van der Waals surface area (Å²) in [5.41, 5.74) is 8.52. The van der Waals surface area contributed by atoms with Crippen LogP contribution in [0.25, 0.3) is 27.9 Å². The van der Waals surface area contributed by atoms with E-state index in [2.05, 4.69) is 21.9 Å². The first-order valence-corrected chi connectivity index (χ1v) is 8.98. The molecule has 3 rings (SSSR count). The van der Waals surface area contributed by atoms with E-state index in [1.807, 2.05) is 0 Å². The van der Waals surface area contributed by atoms with Crippen LogP contribution in [0.4, 0.5) is 8.78 Å². The highest BCUT2D eigenvalue weighted by atomic mass is 19.1. The second kappa shape index (κ2) is 9.04. The van der Waals surface area contributed by atoms with Gasteiger partial charge in [0.2, 0.25) is 5.91 Å². The SMILES string of the molecule is C=CC(=O)NC/C=C\C=C(/N)c1cnc2[nH]cc(-c3cc(F)cc(F)c3OC)c2c1. The quantitative estimate of drug-likeness (QED) is 0.409. The number of H-pyrrole nitrogens is 1. The third-order valence-electron chi connectivity index (χ3n) is 4.36. The highest BCUT2D eigenvalue weighted by Crippen LogP contribution is 2.37. The van der Waals surface area contributed by atoms with E-state index >= 15 is 0 Å². The standard InChI is InChI=1S/C22H20F2N4O2/c1-3-20(29)26-7-5-4-6-19(25)13-8-16-17(12-28-22(16)27-11-13)15-9-14(23)10-18(24)21(15)30-2/h3-6,8-12H,1,7,25H2,2H3,(H,26,29)(H,27,28)/b5-4-,19-6-. The average molecular weight is 410 g/mol. The number of rotatable bonds is 7. The Morgan fingerprint density at radius 2 is 2.13 bits per heavy atom. The molecule has 30 heavy (non-hydrogen) atoms. The van der Waals surface area contributed by atoms with E-state index in [0.29, 0.717) is 34.4 Å². The van der Waals surface area contributed by atoms with Crippen LogP contribution in [0.15, 0.2) is 61.5 Å². The Hall–Kier alpha value is -3.94. The fourth-order valence-electron chi connectivity index (χ4n) is 2.92. The number of carbonyl (C=O) groups is 1. The summed E-state index contributed by atoms with van der Waals surface area (Å²) < 4.78 is 33.1. The second-order valence-electron chi connectivity index (χ2n) is 6.29. The van der Waals surface area contributed by atoms with Crippen molar-refractivity contribution in [3.63, 3.8) is 0 Å². The number of fused-ring (bicyclic) bond motifs is 1. The van der Waals surface area contributed by atoms with Gasteiger partial charge in [0, 0.05) is 52.8 Å². The van der Waals surface area contributed by atoms with Gasteiger partial charge in [0.25, 0.3) is 0 Å². The molecule has 8 heteroatoms. The van der Waals surface area contributed by atoms with Gasteiger partial charge in [-0.15, -0.1) is 0 Å². The lowest BCUT2D eigenvalue weighted by atomic mass is 10.0. The number of halogens is 2. The molecule has 0 fully saturated rings. The third-order valence-corrected chi connectivity index (χ3v) is 4.36. The minimum absolute atomic E-state index is 0.0595. The summed E-state index contributed by atoms with van der Waals surface area (Å²) in [6.45, 7) is 3.70. The van der Waals surface area contributed by atoms with Crippen molar-refractivity contribution in [3.8, 4) is 16.9 Å². The van der Waals surface area contributed by atoms with Gasteiger partial charge in [-0.05, 0) is 24.3 Å². The Bertz CT molecular complexity index is 1170. The minimum atomic E-state index is -0.793. The summed E-state index contributed by atoms with van der Waals surface area (Å²) in [6.07, 6.45) is 9.48. The summed E-state index contributed by atoms with van der Waals surface area (Å²) in [4.78, 5) is 18.4. The normalized spacial score (nSPS) is 11.8.